The number of carbonyl (C=O) groups excluding carboxylic acids is 2. The zero-order chi connectivity index (χ0) is 18.4. The molecule has 0 aromatic heterocycles. The van der Waals surface area contributed by atoms with Gasteiger partial charge in [-0.05, 0) is 17.7 Å². The van der Waals surface area contributed by atoms with Crippen LogP contribution in [0.5, 0.6) is 11.5 Å². The lowest BCUT2D eigenvalue weighted by molar-refractivity contribution is -0.167. The molecule has 0 spiro atoms. The van der Waals surface area contributed by atoms with Gasteiger partial charge < -0.3 is 29.2 Å². The lowest BCUT2D eigenvalue weighted by Crippen LogP contribution is -2.59. The third kappa shape index (κ3) is 2.59. The van der Waals surface area contributed by atoms with Crippen LogP contribution in [0, 0.1) is 17.8 Å². The predicted octanol–water partition coefficient (Wildman–Crippen LogP) is 0.612. The van der Waals surface area contributed by atoms with E-state index in [2.05, 4.69) is 0 Å². The number of benzene rings is 1. The Bertz CT molecular complexity index is 771. The number of fused-ring (bicyclic) bond motifs is 2. The molecule has 4 rings (SSSR count). The molecule has 6 atom stereocenters. The smallest absolute Gasteiger partial charge is 0.231 e. The summed E-state index contributed by atoms with van der Waals surface area (Å²) in [5.41, 5.74) is 1.26. The number of hydrogen-bond acceptors (Lipinski definition) is 7. The first kappa shape index (κ1) is 17.1. The summed E-state index contributed by atoms with van der Waals surface area (Å²) < 4.78 is 16.3. The summed E-state index contributed by atoms with van der Waals surface area (Å²) in [6, 6.07) is 5.43. The molecule has 6 unspecified atom stereocenters. The second-order valence-corrected chi connectivity index (χ2v) is 7.05. The topological polar surface area (TPSA) is 102 Å². The Kier molecular flexibility index (Phi) is 4.20. The van der Waals surface area contributed by atoms with E-state index in [1.165, 1.54) is 6.26 Å². The number of aldehydes is 1. The number of allylic oxidation sites excluding steroid dienone is 1. The average Bonchev–Trinajstić information content (AvgIpc) is 3.09. The zero-order valence-corrected chi connectivity index (χ0v) is 14.2. The lowest BCUT2D eigenvalue weighted by atomic mass is 9.67. The van der Waals surface area contributed by atoms with E-state index in [4.69, 9.17) is 14.2 Å². The van der Waals surface area contributed by atoms with Crippen molar-refractivity contribution in [3.8, 4) is 11.5 Å². The van der Waals surface area contributed by atoms with Gasteiger partial charge in [0.2, 0.25) is 6.79 Å². The summed E-state index contributed by atoms with van der Waals surface area (Å²) in [6.45, 7) is 1.89. The lowest BCUT2D eigenvalue weighted by Gasteiger charge is -2.45. The van der Waals surface area contributed by atoms with Crippen LogP contribution >= 0.6 is 0 Å². The van der Waals surface area contributed by atoms with Crippen LogP contribution in [0.1, 0.15) is 12.5 Å². The minimum atomic E-state index is -1.27. The molecule has 138 valence electrons. The number of carbonyl (C=O) groups is 2. The van der Waals surface area contributed by atoms with Crippen LogP contribution in [-0.4, -0.2) is 47.4 Å². The van der Waals surface area contributed by atoms with E-state index in [1.54, 1.807) is 19.1 Å². The Labute approximate surface area is 150 Å². The Morgan fingerprint density at radius 1 is 1.19 bits per heavy atom. The second-order valence-electron chi connectivity index (χ2n) is 7.05. The predicted molar refractivity (Wildman–Crippen MR) is 88.5 cm³/mol. The van der Waals surface area contributed by atoms with Gasteiger partial charge in [-0.25, -0.2) is 0 Å². The van der Waals surface area contributed by atoms with E-state index in [1.807, 2.05) is 6.07 Å². The molecule has 2 N–H and O–H groups in total. The fourth-order valence-electron chi connectivity index (χ4n) is 4.01. The summed E-state index contributed by atoms with van der Waals surface area (Å²) in [5.74, 6) is -1.27. The van der Waals surface area contributed by atoms with Crippen molar-refractivity contribution in [2.24, 2.45) is 17.8 Å². The summed E-state index contributed by atoms with van der Waals surface area (Å²) in [6.07, 6.45) is -0.717. The molecule has 7 heteroatoms. The molecule has 26 heavy (non-hydrogen) atoms. The van der Waals surface area contributed by atoms with Gasteiger partial charge in [0.05, 0.1) is 30.3 Å². The first-order chi connectivity index (χ1) is 12.5. The number of ether oxygens (including phenoxy) is 3. The van der Waals surface area contributed by atoms with Crippen LogP contribution in [-0.2, 0) is 20.7 Å². The highest BCUT2D eigenvalue weighted by Crippen LogP contribution is 2.40. The van der Waals surface area contributed by atoms with Crippen molar-refractivity contribution in [2.75, 3.05) is 6.79 Å². The van der Waals surface area contributed by atoms with Crippen LogP contribution in [0.4, 0.5) is 0 Å². The van der Waals surface area contributed by atoms with E-state index in [0.717, 1.165) is 5.56 Å². The molecule has 1 saturated carbocycles. The van der Waals surface area contributed by atoms with E-state index >= 15 is 0 Å². The van der Waals surface area contributed by atoms with Gasteiger partial charge in [-0.2, -0.15) is 0 Å². The average molecular weight is 360 g/mol. The molecular weight excluding hydrogens is 340 g/mol. The van der Waals surface area contributed by atoms with E-state index in [-0.39, 0.29) is 12.6 Å². The van der Waals surface area contributed by atoms with Crippen LogP contribution in [0.15, 0.2) is 30.0 Å². The number of hydrogen-bond donors (Lipinski definition) is 2. The fourth-order valence-corrected chi connectivity index (χ4v) is 4.01. The molecule has 2 heterocycles. The van der Waals surface area contributed by atoms with Crippen molar-refractivity contribution < 1.29 is 34.0 Å². The first-order valence-electron chi connectivity index (χ1n) is 8.60. The van der Waals surface area contributed by atoms with Crippen molar-refractivity contribution in [3.63, 3.8) is 0 Å². The standard InChI is InChI=1S/C19H20O7/c1-9-16(21)12(6-20)18(23)15-17(22)11(7-24-19(9)15)4-10-2-3-13-14(5-10)26-8-25-13/h2-3,5-7,9,12,15-16,18-19,21,23H,4,8H2,1H3. The van der Waals surface area contributed by atoms with Gasteiger partial charge in [0.25, 0.3) is 0 Å². The van der Waals surface area contributed by atoms with Crippen molar-refractivity contribution >= 4 is 12.1 Å². The molecule has 1 aliphatic carbocycles. The molecule has 0 amide bonds. The molecule has 1 aromatic rings. The zero-order valence-electron chi connectivity index (χ0n) is 14.2. The van der Waals surface area contributed by atoms with E-state index in [9.17, 15) is 19.8 Å². The molecule has 1 fully saturated rings. The van der Waals surface area contributed by atoms with Crippen LogP contribution < -0.4 is 9.47 Å². The molecule has 0 saturated heterocycles. The van der Waals surface area contributed by atoms with Crippen molar-refractivity contribution in [1.29, 1.82) is 0 Å². The van der Waals surface area contributed by atoms with Gasteiger partial charge in [-0.3, -0.25) is 4.79 Å². The van der Waals surface area contributed by atoms with Gasteiger partial charge in [0.15, 0.2) is 17.3 Å². The summed E-state index contributed by atoms with van der Waals surface area (Å²) in [4.78, 5) is 24.2. The molecule has 7 nitrogen and oxygen atoms in total. The highest BCUT2D eigenvalue weighted by molar-refractivity contribution is 5.99. The number of aliphatic hydroxyl groups excluding tert-OH is 2. The number of ketones is 1. The van der Waals surface area contributed by atoms with Crippen LogP contribution in [0.3, 0.4) is 0 Å². The monoisotopic (exact) mass is 360 g/mol. The normalized spacial score (nSPS) is 35.3. The largest absolute Gasteiger partial charge is 0.496 e. The third-order valence-electron chi connectivity index (χ3n) is 5.54. The molecule has 0 bridgehead atoms. The summed E-state index contributed by atoms with van der Waals surface area (Å²) in [7, 11) is 0. The SMILES string of the molecule is CC1C(O)C(C=O)C(O)C2C(=O)C(Cc3ccc4c(c3)OCO4)=COC12. The summed E-state index contributed by atoms with van der Waals surface area (Å²) in [5, 5.41) is 20.7. The molecule has 3 aliphatic rings. The molecule has 0 radical (unpaired) electrons. The van der Waals surface area contributed by atoms with Gasteiger partial charge in [-0.15, -0.1) is 0 Å². The summed E-state index contributed by atoms with van der Waals surface area (Å²) >= 11 is 0. The highest BCUT2D eigenvalue weighted by atomic mass is 16.7. The van der Waals surface area contributed by atoms with Gasteiger partial charge >= 0.3 is 0 Å². The second kappa shape index (κ2) is 6.41. The maximum absolute atomic E-state index is 13.0. The van der Waals surface area contributed by atoms with Gasteiger partial charge in [0, 0.05) is 17.9 Å². The van der Waals surface area contributed by atoms with Gasteiger partial charge in [-0.1, -0.05) is 13.0 Å². The van der Waals surface area contributed by atoms with E-state index < -0.39 is 36.1 Å². The van der Waals surface area contributed by atoms with Gasteiger partial charge in [0.1, 0.15) is 12.4 Å². The number of aliphatic hydroxyl groups is 2. The number of rotatable bonds is 3. The number of Topliss-reactive ketones (excluding diaryl/α,β-unsaturated/α-hetero) is 1. The third-order valence-corrected chi connectivity index (χ3v) is 5.54. The molecule has 2 aliphatic heterocycles. The minimum absolute atomic E-state index is 0.173. The Morgan fingerprint density at radius 3 is 2.73 bits per heavy atom. The Hall–Kier alpha value is -2.38. The van der Waals surface area contributed by atoms with E-state index in [0.29, 0.717) is 29.8 Å². The van der Waals surface area contributed by atoms with Crippen molar-refractivity contribution in [1.82, 2.24) is 0 Å². The maximum atomic E-state index is 13.0. The first-order valence-corrected chi connectivity index (χ1v) is 8.60. The van der Waals surface area contributed by atoms with Crippen molar-refractivity contribution in [3.05, 3.63) is 35.6 Å². The van der Waals surface area contributed by atoms with Crippen LogP contribution in [0.2, 0.25) is 0 Å². The Morgan fingerprint density at radius 2 is 1.96 bits per heavy atom. The quantitative estimate of drug-likeness (QED) is 0.762. The molecular formula is C19H20O7. The Balaban J connectivity index is 1.59. The fraction of sp³-hybridized carbons (Fsp3) is 0.474. The highest BCUT2D eigenvalue weighted by Gasteiger charge is 2.53. The molecule has 1 aromatic carbocycles. The maximum Gasteiger partial charge on any atom is 0.231 e. The van der Waals surface area contributed by atoms with Crippen LogP contribution in [0.25, 0.3) is 0 Å². The minimum Gasteiger partial charge on any atom is -0.496 e. The van der Waals surface area contributed by atoms with Crippen molar-refractivity contribution in [2.45, 2.75) is 31.7 Å².